The van der Waals surface area contributed by atoms with Crippen LogP contribution in [-0.4, -0.2) is 22.7 Å². The summed E-state index contributed by atoms with van der Waals surface area (Å²) >= 11 is 0. The monoisotopic (exact) mass is 298 g/mol. The second kappa shape index (κ2) is 6.30. The standard InChI is InChI=1S/C15H17F3N2O/c1-10(3-2-8-21)20-13-6-7-19-14-9-11(15(16,17)18)4-5-12(13)14/h4-7,9-10,21H,2-3,8H2,1H3,(H,19,20). The van der Waals surface area contributed by atoms with Crippen molar-refractivity contribution in [1.82, 2.24) is 4.98 Å². The molecule has 0 saturated heterocycles. The highest BCUT2D eigenvalue weighted by Crippen LogP contribution is 2.32. The van der Waals surface area contributed by atoms with Crippen molar-refractivity contribution in [1.29, 1.82) is 0 Å². The van der Waals surface area contributed by atoms with E-state index in [1.807, 2.05) is 6.92 Å². The van der Waals surface area contributed by atoms with Gasteiger partial charge in [-0.3, -0.25) is 4.98 Å². The Morgan fingerprint density at radius 1 is 1.29 bits per heavy atom. The van der Waals surface area contributed by atoms with Crippen LogP contribution in [0, 0.1) is 0 Å². The molecule has 1 aromatic carbocycles. The maximum Gasteiger partial charge on any atom is 0.416 e. The summed E-state index contributed by atoms with van der Waals surface area (Å²) in [5.74, 6) is 0. The average molecular weight is 298 g/mol. The minimum Gasteiger partial charge on any atom is -0.396 e. The minimum atomic E-state index is -4.37. The van der Waals surface area contributed by atoms with Gasteiger partial charge in [-0.15, -0.1) is 0 Å². The van der Waals surface area contributed by atoms with Gasteiger partial charge in [-0.25, -0.2) is 0 Å². The van der Waals surface area contributed by atoms with Gasteiger partial charge in [0.25, 0.3) is 0 Å². The Hall–Kier alpha value is -1.82. The van der Waals surface area contributed by atoms with Gasteiger partial charge in [0.1, 0.15) is 0 Å². The van der Waals surface area contributed by atoms with E-state index in [0.717, 1.165) is 24.2 Å². The second-order valence-corrected chi connectivity index (χ2v) is 5.00. The molecule has 1 heterocycles. The van der Waals surface area contributed by atoms with E-state index in [9.17, 15) is 13.2 Å². The Morgan fingerprint density at radius 2 is 2.05 bits per heavy atom. The molecule has 1 unspecified atom stereocenters. The maximum absolute atomic E-state index is 12.7. The van der Waals surface area contributed by atoms with Crippen molar-refractivity contribution in [2.75, 3.05) is 11.9 Å². The number of nitrogens with zero attached hydrogens (tertiary/aromatic N) is 1. The predicted octanol–water partition coefficient (Wildman–Crippen LogP) is 3.83. The lowest BCUT2D eigenvalue weighted by molar-refractivity contribution is -0.137. The van der Waals surface area contributed by atoms with Gasteiger partial charge in [-0.05, 0) is 38.0 Å². The lowest BCUT2D eigenvalue weighted by Crippen LogP contribution is -2.15. The number of halogens is 3. The van der Waals surface area contributed by atoms with E-state index in [1.54, 1.807) is 6.07 Å². The summed E-state index contributed by atoms with van der Waals surface area (Å²) in [6.45, 7) is 2.09. The Balaban J connectivity index is 2.29. The Morgan fingerprint density at radius 3 is 2.71 bits per heavy atom. The first-order valence-corrected chi connectivity index (χ1v) is 6.75. The minimum absolute atomic E-state index is 0.116. The first-order chi connectivity index (χ1) is 9.91. The summed E-state index contributed by atoms with van der Waals surface area (Å²) in [6.07, 6.45) is -1.42. The molecule has 0 spiro atoms. The molecule has 0 bridgehead atoms. The molecule has 0 saturated carbocycles. The molecule has 1 aromatic heterocycles. The smallest absolute Gasteiger partial charge is 0.396 e. The summed E-state index contributed by atoms with van der Waals surface area (Å²) < 4.78 is 38.1. The summed E-state index contributed by atoms with van der Waals surface area (Å²) in [4.78, 5) is 4.01. The quantitative estimate of drug-likeness (QED) is 0.882. The number of aliphatic hydroxyl groups is 1. The molecule has 2 aromatic rings. The molecule has 114 valence electrons. The molecule has 0 fully saturated rings. The van der Waals surface area contributed by atoms with Gasteiger partial charge >= 0.3 is 6.18 Å². The summed E-state index contributed by atoms with van der Waals surface area (Å²) in [6, 6.07) is 5.41. The van der Waals surface area contributed by atoms with Gasteiger partial charge in [0.15, 0.2) is 0 Å². The highest BCUT2D eigenvalue weighted by molar-refractivity contribution is 5.91. The number of nitrogens with one attached hydrogen (secondary N) is 1. The third kappa shape index (κ3) is 3.85. The van der Waals surface area contributed by atoms with E-state index >= 15 is 0 Å². The van der Waals surface area contributed by atoms with Crippen molar-refractivity contribution >= 4 is 16.6 Å². The molecule has 2 rings (SSSR count). The van der Waals surface area contributed by atoms with E-state index in [-0.39, 0.29) is 12.6 Å². The van der Waals surface area contributed by atoms with E-state index in [0.29, 0.717) is 17.3 Å². The number of alkyl halides is 3. The van der Waals surface area contributed by atoms with Crippen molar-refractivity contribution in [2.24, 2.45) is 0 Å². The number of hydrogen-bond donors (Lipinski definition) is 2. The van der Waals surface area contributed by atoms with Crippen molar-refractivity contribution in [3.8, 4) is 0 Å². The number of anilines is 1. The lowest BCUT2D eigenvalue weighted by atomic mass is 10.1. The largest absolute Gasteiger partial charge is 0.416 e. The fourth-order valence-electron chi connectivity index (χ4n) is 2.19. The molecule has 2 N–H and O–H groups in total. The molecule has 0 amide bonds. The van der Waals surface area contributed by atoms with Crippen molar-refractivity contribution in [2.45, 2.75) is 32.0 Å². The first-order valence-electron chi connectivity index (χ1n) is 6.75. The molecular weight excluding hydrogens is 281 g/mol. The van der Waals surface area contributed by atoms with Crippen LogP contribution < -0.4 is 5.32 Å². The molecule has 21 heavy (non-hydrogen) atoms. The van der Waals surface area contributed by atoms with Crippen molar-refractivity contribution in [3.05, 3.63) is 36.0 Å². The van der Waals surface area contributed by atoms with E-state index in [4.69, 9.17) is 5.11 Å². The Labute approximate surface area is 120 Å². The van der Waals surface area contributed by atoms with E-state index in [1.165, 1.54) is 12.3 Å². The van der Waals surface area contributed by atoms with Gasteiger partial charge in [-0.1, -0.05) is 6.07 Å². The molecular formula is C15H17F3N2O. The van der Waals surface area contributed by atoms with Gasteiger partial charge in [-0.2, -0.15) is 13.2 Å². The van der Waals surface area contributed by atoms with E-state index in [2.05, 4.69) is 10.3 Å². The number of pyridine rings is 1. The predicted molar refractivity (Wildman–Crippen MR) is 76.1 cm³/mol. The van der Waals surface area contributed by atoms with Crippen LogP contribution >= 0.6 is 0 Å². The summed E-state index contributed by atoms with van der Waals surface area (Å²) in [5.41, 5.74) is 0.358. The average Bonchev–Trinajstić information content (AvgIpc) is 2.44. The number of aromatic nitrogens is 1. The molecule has 0 aliphatic heterocycles. The number of hydrogen-bond acceptors (Lipinski definition) is 3. The highest BCUT2D eigenvalue weighted by atomic mass is 19.4. The van der Waals surface area contributed by atoms with Crippen LogP contribution in [0.15, 0.2) is 30.5 Å². The first kappa shape index (κ1) is 15.6. The molecule has 0 aliphatic rings. The Kier molecular flexibility index (Phi) is 4.67. The number of fused-ring (bicyclic) bond motifs is 1. The van der Waals surface area contributed by atoms with Crippen molar-refractivity contribution in [3.63, 3.8) is 0 Å². The zero-order valence-electron chi connectivity index (χ0n) is 11.6. The van der Waals surface area contributed by atoms with E-state index < -0.39 is 11.7 Å². The van der Waals surface area contributed by atoms with Crippen LogP contribution in [0.2, 0.25) is 0 Å². The van der Waals surface area contributed by atoms with Crippen molar-refractivity contribution < 1.29 is 18.3 Å². The van der Waals surface area contributed by atoms with Crippen LogP contribution in [0.3, 0.4) is 0 Å². The zero-order valence-corrected chi connectivity index (χ0v) is 11.6. The van der Waals surface area contributed by atoms with Crippen LogP contribution in [0.4, 0.5) is 18.9 Å². The zero-order chi connectivity index (χ0) is 15.5. The third-order valence-electron chi connectivity index (χ3n) is 3.27. The van der Waals surface area contributed by atoms with Crippen LogP contribution in [0.25, 0.3) is 10.9 Å². The normalized spacial score (nSPS) is 13.4. The fraction of sp³-hybridized carbons (Fsp3) is 0.400. The number of benzene rings is 1. The molecule has 3 nitrogen and oxygen atoms in total. The van der Waals surface area contributed by atoms with Crippen LogP contribution in [-0.2, 0) is 6.18 Å². The summed E-state index contributed by atoms with van der Waals surface area (Å²) in [7, 11) is 0. The van der Waals surface area contributed by atoms with Gasteiger partial charge in [0.05, 0.1) is 11.1 Å². The molecule has 0 aliphatic carbocycles. The topological polar surface area (TPSA) is 45.1 Å². The third-order valence-corrected chi connectivity index (χ3v) is 3.27. The summed E-state index contributed by atoms with van der Waals surface area (Å²) in [5, 5.41) is 12.7. The molecule has 0 radical (unpaired) electrons. The Bertz CT molecular complexity index is 613. The SMILES string of the molecule is CC(CCCO)Nc1ccnc2cc(C(F)(F)F)ccc12. The maximum atomic E-state index is 12.7. The van der Waals surface area contributed by atoms with Crippen LogP contribution in [0.5, 0.6) is 0 Å². The van der Waals surface area contributed by atoms with Gasteiger partial charge in [0, 0.05) is 29.9 Å². The van der Waals surface area contributed by atoms with Gasteiger partial charge in [0.2, 0.25) is 0 Å². The van der Waals surface area contributed by atoms with Gasteiger partial charge < -0.3 is 10.4 Å². The highest BCUT2D eigenvalue weighted by Gasteiger charge is 2.30. The number of aliphatic hydroxyl groups excluding tert-OH is 1. The second-order valence-electron chi connectivity index (χ2n) is 5.00. The lowest BCUT2D eigenvalue weighted by Gasteiger charge is -2.16. The fourth-order valence-corrected chi connectivity index (χ4v) is 2.19. The molecule has 1 atom stereocenters. The number of rotatable bonds is 5. The van der Waals surface area contributed by atoms with Crippen LogP contribution in [0.1, 0.15) is 25.3 Å². The molecule has 6 heteroatoms.